The summed E-state index contributed by atoms with van der Waals surface area (Å²) in [5.41, 5.74) is 2.31. The highest BCUT2D eigenvalue weighted by molar-refractivity contribution is 5.81. The third-order valence-electron chi connectivity index (χ3n) is 3.09. The molecule has 1 aliphatic rings. The molecule has 1 aliphatic heterocycles. The van der Waals surface area contributed by atoms with Crippen LogP contribution in [0.25, 0.3) is 0 Å². The van der Waals surface area contributed by atoms with Gasteiger partial charge in [0.25, 0.3) is 0 Å². The number of carbonyl (C=O) groups excluding carboxylic acids is 1. The molecule has 1 unspecified atom stereocenters. The van der Waals surface area contributed by atoms with E-state index < -0.39 is 0 Å². The monoisotopic (exact) mass is 252 g/mol. The van der Waals surface area contributed by atoms with E-state index in [4.69, 9.17) is 4.74 Å². The first-order valence-electron chi connectivity index (χ1n) is 6.35. The van der Waals surface area contributed by atoms with Crippen molar-refractivity contribution < 1.29 is 9.53 Å². The molecule has 6 nitrogen and oxygen atoms in total. The number of hydrogen-bond acceptors (Lipinski definition) is 4. The SMILES string of the molecule is Cc1[nH]ncc1CCCNC(=O)C1COCCN1. The number of rotatable bonds is 5. The van der Waals surface area contributed by atoms with E-state index in [9.17, 15) is 4.79 Å². The Kier molecular flexibility index (Phi) is 4.72. The van der Waals surface area contributed by atoms with E-state index in [1.165, 1.54) is 5.56 Å². The largest absolute Gasteiger partial charge is 0.378 e. The molecule has 1 fully saturated rings. The molecule has 2 heterocycles. The summed E-state index contributed by atoms with van der Waals surface area (Å²) in [6.07, 6.45) is 3.69. The van der Waals surface area contributed by atoms with Crippen molar-refractivity contribution in [2.75, 3.05) is 26.3 Å². The van der Waals surface area contributed by atoms with Crippen LogP contribution in [0.3, 0.4) is 0 Å². The average molecular weight is 252 g/mol. The third-order valence-corrected chi connectivity index (χ3v) is 3.09. The van der Waals surface area contributed by atoms with Gasteiger partial charge in [-0.2, -0.15) is 5.10 Å². The van der Waals surface area contributed by atoms with Gasteiger partial charge >= 0.3 is 0 Å². The van der Waals surface area contributed by atoms with Crippen molar-refractivity contribution in [3.05, 3.63) is 17.5 Å². The van der Waals surface area contributed by atoms with Gasteiger partial charge < -0.3 is 15.4 Å². The standard InChI is InChI=1S/C12H20N4O2/c1-9-10(7-15-16-9)3-2-4-14-12(17)11-8-18-6-5-13-11/h7,11,13H,2-6,8H2,1H3,(H,14,17)(H,15,16). The lowest BCUT2D eigenvalue weighted by Gasteiger charge is -2.22. The number of hydrogen-bond donors (Lipinski definition) is 3. The molecular weight excluding hydrogens is 232 g/mol. The van der Waals surface area contributed by atoms with E-state index in [2.05, 4.69) is 20.8 Å². The summed E-state index contributed by atoms with van der Waals surface area (Å²) < 4.78 is 5.25. The lowest BCUT2D eigenvalue weighted by Crippen LogP contribution is -2.51. The summed E-state index contributed by atoms with van der Waals surface area (Å²) in [4.78, 5) is 11.8. The Balaban J connectivity index is 1.63. The predicted molar refractivity (Wildman–Crippen MR) is 67.3 cm³/mol. The van der Waals surface area contributed by atoms with Crippen LogP contribution in [0.4, 0.5) is 0 Å². The third kappa shape index (κ3) is 3.54. The van der Waals surface area contributed by atoms with Gasteiger partial charge in [0.15, 0.2) is 0 Å². The second-order valence-corrected chi connectivity index (χ2v) is 4.50. The fourth-order valence-corrected chi connectivity index (χ4v) is 1.98. The second-order valence-electron chi connectivity index (χ2n) is 4.50. The Bertz CT molecular complexity index is 385. The summed E-state index contributed by atoms with van der Waals surface area (Å²) in [6, 6.07) is -0.200. The molecule has 0 spiro atoms. The first-order valence-corrected chi connectivity index (χ1v) is 6.35. The molecule has 18 heavy (non-hydrogen) atoms. The fourth-order valence-electron chi connectivity index (χ4n) is 1.98. The van der Waals surface area contributed by atoms with Crippen LogP contribution in [0, 0.1) is 6.92 Å². The van der Waals surface area contributed by atoms with Gasteiger partial charge in [-0.1, -0.05) is 0 Å². The van der Waals surface area contributed by atoms with Gasteiger partial charge in [-0.05, 0) is 25.3 Å². The van der Waals surface area contributed by atoms with Gasteiger partial charge in [-0.15, -0.1) is 0 Å². The summed E-state index contributed by atoms with van der Waals surface area (Å²) in [5, 5.41) is 12.9. The molecular formula is C12H20N4O2. The van der Waals surface area contributed by atoms with E-state index >= 15 is 0 Å². The fraction of sp³-hybridized carbons (Fsp3) is 0.667. The van der Waals surface area contributed by atoms with Crippen molar-refractivity contribution in [2.24, 2.45) is 0 Å². The van der Waals surface area contributed by atoms with Gasteiger partial charge in [-0.3, -0.25) is 9.89 Å². The molecule has 1 saturated heterocycles. The van der Waals surface area contributed by atoms with Crippen molar-refractivity contribution >= 4 is 5.91 Å². The van der Waals surface area contributed by atoms with Crippen LogP contribution in [-0.2, 0) is 16.0 Å². The number of nitrogens with zero attached hydrogens (tertiary/aromatic N) is 1. The lowest BCUT2D eigenvalue weighted by molar-refractivity contribution is -0.125. The minimum atomic E-state index is -0.200. The van der Waals surface area contributed by atoms with Crippen LogP contribution in [-0.4, -0.2) is 48.4 Å². The molecule has 0 radical (unpaired) electrons. The zero-order valence-corrected chi connectivity index (χ0v) is 10.7. The van der Waals surface area contributed by atoms with E-state index in [-0.39, 0.29) is 11.9 Å². The molecule has 1 aromatic heterocycles. The molecule has 0 aliphatic carbocycles. The van der Waals surface area contributed by atoms with Crippen LogP contribution in [0.1, 0.15) is 17.7 Å². The van der Waals surface area contributed by atoms with Crippen LogP contribution in [0.2, 0.25) is 0 Å². The van der Waals surface area contributed by atoms with Crippen molar-refractivity contribution in [2.45, 2.75) is 25.8 Å². The maximum absolute atomic E-state index is 11.8. The summed E-state index contributed by atoms with van der Waals surface area (Å²) in [5.74, 6) is 0.0265. The minimum Gasteiger partial charge on any atom is -0.378 e. The van der Waals surface area contributed by atoms with Gasteiger partial charge in [0.2, 0.25) is 5.91 Å². The minimum absolute atomic E-state index is 0.0265. The Hall–Kier alpha value is -1.40. The number of H-pyrrole nitrogens is 1. The smallest absolute Gasteiger partial charge is 0.239 e. The first kappa shape index (κ1) is 13.0. The average Bonchev–Trinajstić information content (AvgIpc) is 2.81. The molecule has 1 atom stereocenters. The number of aromatic nitrogens is 2. The van der Waals surface area contributed by atoms with E-state index in [0.717, 1.165) is 25.1 Å². The lowest BCUT2D eigenvalue weighted by atomic mass is 10.1. The molecule has 1 aromatic rings. The van der Waals surface area contributed by atoms with Crippen molar-refractivity contribution in [3.63, 3.8) is 0 Å². The van der Waals surface area contributed by atoms with E-state index in [0.29, 0.717) is 19.8 Å². The zero-order valence-electron chi connectivity index (χ0n) is 10.7. The quantitative estimate of drug-likeness (QED) is 0.632. The van der Waals surface area contributed by atoms with Gasteiger partial charge in [0.05, 0.1) is 19.4 Å². The van der Waals surface area contributed by atoms with Crippen LogP contribution in [0.5, 0.6) is 0 Å². The Morgan fingerprint density at radius 2 is 2.56 bits per heavy atom. The Morgan fingerprint density at radius 1 is 1.67 bits per heavy atom. The van der Waals surface area contributed by atoms with Crippen molar-refractivity contribution in [1.82, 2.24) is 20.8 Å². The van der Waals surface area contributed by atoms with Crippen LogP contribution >= 0.6 is 0 Å². The highest BCUT2D eigenvalue weighted by Gasteiger charge is 2.20. The van der Waals surface area contributed by atoms with Crippen molar-refractivity contribution in [3.8, 4) is 0 Å². The molecule has 0 saturated carbocycles. The maximum atomic E-state index is 11.8. The number of nitrogens with one attached hydrogen (secondary N) is 3. The second kappa shape index (κ2) is 6.51. The summed E-state index contributed by atoms with van der Waals surface area (Å²) in [7, 11) is 0. The normalized spacial score (nSPS) is 19.7. The number of ether oxygens (including phenoxy) is 1. The first-order chi connectivity index (χ1) is 8.77. The Morgan fingerprint density at radius 3 is 3.22 bits per heavy atom. The van der Waals surface area contributed by atoms with Crippen molar-refractivity contribution in [1.29, 1.82) is 0 Å². The molecule has 6 heteroatoms. The number of aryl methyl sites for hydroxylation is 2. The molecule has 0 aromatic carbocycles. The highest BCUT2D eigenvalue weighted by Crippen LogP contribution is 2.05. The van der Waals surface area contributed by atoms with Gasteiger partial charge in [-0.25, -0.2) is 0 Å². The van der Waals surface area contributed by atoms with Crippen LogP contribution < -0.4 is 10.6 Å². The summed E-state index contributed by atoms with van der Waals surface area (Å²) in [6.45, 7) is 4.58. The molecule has 1 amide bonds. The summed E-state index contributed by atoms with van der Waals surface area (Å²) >= 11 is 0. The zero-order chi connectivity index (χ0) is 12.8. The van der Waals surface area contributed by atoms with E-state index in [1.54, 1.807) is 0 Å². The molecule has 100 valence electrons. The number of morpholine rings is 1. The molecule has 0 bridgehead atoms. The van der Waals surface area contributed by atoms with Crippen LogP contribution in [0.15, 0.2) is 6.20 Å². The number of carbonyl (C=O) groups is 1. The van der Waals surface area contributed by atoms with Gasteiger partial charge in [0.1, 0.15) is 6.04 Å². The number of amides is 1. The molecule has 3 N–H and O–H groups in total. The highest BCUT2D eigenvalue weighted by atomic mass is 16.5. The predicted octanol–water partition coefficient (Wildman–Crippen LogP) is -0.245. The molecule has 2 rings (SSSR count). The topological polar surface area (TPSA) is 79.0 Å². The van der Waals surface area contributed by atoms with Gasteiger partial charge in [0, 0.05) is 18.8 Å². The Labute approximate surface area is 106 Å². The maximum Gasteiger partial charge on any atom is 0.239 e. The number of aromatic amines is 1. The van der Waals surface area contributed by atoms with E-state index in [1.807, 2.05) is 13.1 Å².